The first-order valence-corrected chi connectivity index (χ1v) is 8.81. The molecule has 0 spiro atoms. The van der Waals surface area contributed by atoms with E-state index in [-0.39, 0.29) is 11.9 Å². The number of hydrogen-bond donors (Lipinski definition) is 2. The highest BCUT2D eigenvalue weighted by Gasteiger charge is 2.28. The topological polar surface area (TPSA) is 78.5 Å². The number of fused-ring (bicyclic) bond motifs is 1. The van der Waals surface area contributed by atoms with Gasteiger partial charge in [-0.2, -0.15) is 0 Å². The van der Waals surface area contributed by atoms with Crippen LogP contribution in [0.15, 0.2) is 24.3 Å². The minimum atomic E-state index is -3.13. The lowest BCUT2D eigenvalue weighted by Gasteiger charge is -2.32. The van der Waals surface area contributed by atoms with Gasteiger partial charge < -0.3 is 10.2 Å². The minimum Gasteiger partial charge on any atom is -0.315 e. The van der Waals surface area contributed by atoms with Crippen molar-refractivity contribution in [3.8, 4) is 0 Å². The van der Waals surface area contributed by atoms with Crippen molar-refractivity contribution in [2.45, 2.75) is 18.9 Å². The third kappa shape index (κ3) is 4.26. The molecule has 7 heteroatoms. The van der Waals surface area contributed by atoms with Crippen molar-refractivity contribution in [3.05, 3.63) is 29.8 Å². The number of benzene rings is 1. The third-order valence-corrected chi connectivity index (χ3v) is 4.26. The molecule has 1 amide bonds. The van der Waals surface area contributed by atoms with Gasteiger partial charge in [-0.05, 0) is 24.6 Å². The summed E-state index contributed by atoms with van der Waals surface area (Å²) in [4.78, 5) is 13.7. The third-order valence-electron chi connectivity index (χ3n) is 3.53. The number of carbonyl (C=O) groups excluding carboxylic acids is 1. The monoisotopic (exact) mass is 311 g/mol. The molecule has 116 valence electrons. The number of nitrogens with zero attached hydrogens (tertiary/aromatic N) is 1. The van der Waals surface area contributed by atoms with Gasteiger partial charge in [0.2, 0.25) is 15.9 Å². The molecule has 1 aromatic rings. The van der Waals surface area contributed by atoms with E-state index in [1.54, 1.807) is 11.9 Å². The molecule has 0 bridgehead atoms. The molecule has 0 aliphatic carbocycles. The summed E-state index contributed by atoms with van der Waals surface area (Å²) in [6, 6.07) is 7.82. The molecule has 6 nitrogen and oxygen atoms in total. The smallest absolute Gasteiger partial charge is 0.228 e. The number of nitrogens with one attached hydrogen (secondary N) is 2. The first kappa shape index (κ1) is 15.9. The summed E-state index contributed by atoms with van der Waals surface area (Å²) in [6.45, 7) is 1.05. The fraction of sp³-hybridized carbons (Fsp3) is 0.500. The van der Waals surface area contributed by atoms with Crippen LogP contribution in [0.3, 0.4) is 0 Å². The van der Waals surface area contributed by atoms with E-state index in [0.29, 0.717) is 25.9 Å². The number of sulfonamides is 1. The molecule has 1 aliphatic rings. The van der Waals surface area contributed by atoms with Crippen LogP contribution >= 0.6 is 0 Å². The lowest BCUT2D eigenvalue weighted by molar-refractivity contribution is -0.119. The van der Waals surface area contributed by atoms with Gasteiger partial charge in [0.15, 0.2) is 0 Å². The minimum absolute atomic E-state index is 0.0110. The molecule has 2 rings (SSSR count). The molecule has 2 N–H and O–H groups in total. The van der Waals surface area contributed by atoms with Crippen LogP contribution in [0, 0.1) is 0 Å². The molecule has 1 aliphatic heterocycles. The van der Waals surface area contributed by atoms with E-state index < -0.39 is 10.0 Å². The first-order chi connectivity index (χ1) is 9.88. The summed E-state index contributed by atoms with van der Waals surface area (Å²) in [5.74, 6) is 0.0838. The van der Waals surface area contributed by atoms with Crippen molar-refractivity contribution >= 4 is 21.6 Å². The van der Waals surface area contributed by atoms with Gasteiger partial charge in [0.05, 0.1) is 6.26 Å². The fourth-order valence-corrected chi connectivity index (χ4v) is 2.96. The van der Waals surface area contributed by atoms with E-state index >= 15 is 0 Å². The summed E-state index contributed by atoms with van der Waals surface area (Å²) in [7, 11) is -1.35. The standard InChI is InChI=1S/C14H21N3O3S/c1-17-13-7-4-3-6-11(13)12(10-14(17)18)15-8-5-9-16-21(2,19)20/h3-4,6-7,12,15-16H,5,8-10H2,1-2H3. The summed E-state index contributed by atoms with van der Waals surface area (Å²) in [5.41, 5.74) is 2.04. The summed E-state index contributed by atoms with van der Waals surface area (Å²) >= 11 is 0. The molecular formula is C14H21N3O3S. The van der Waals surface area contributed by atoms with Gasteiger partial charge in [-0.3, -0.25) is 4.79 Å². The van der Waals surface area contributed by atoms with Gasteiger partial charge in [-0.25, -0.2) is 13.1 Å². The number of amides is 1. The van der Waals surface area contributed by atoms with Crippen molar-refractivity contribution in [1.29, 1.82) is 0 Å². The van der Waals surface area contributed by atoms with Crippen LogP contribution < -0.4 is 14.9 Å². The summed E-state index contributed by atoms with van der Waals surface area (Å²) in [6.07, 6.45) is 2.25. The molecule has 1 unspecified atom stereocenters. The SMILES string of the molecule is CN1C(=O)CC(NCCCNS(C)(=O)=O)c2ccccc21. The van der Waals surface area contributed by atoms with Gasteiger partial charge in [-0.1, -0.05) is 18.2 Å². The van der Waals surface area contributed by atoms with Crippen LogP contribution in [-0.4, -0.2) is 40.7 Å². The molecule has 0 fully saturated rings. The maximum Gasteiger partial charge on any atom is 0.228 e. The Hall–Kier alpha value is -1.44. The Morgan fingerprint density at radius 3 is 2.71 bits per heavy atom. The second-order valence-corrected chi connectivity index (χ2v) is 7.08. The molecule has 21 heavy (non-hydrogen) atoms. The zero-order valence-electron chi connectivity index (χ0n) is 12.3. The van der Waals surface area contributed by atoms with Gasteiger partial charge in [0.25, 0.3) is 0 Å². The second kappa shape index (κ2) is 6.55. The summed E-state index contributed by atoms with van der Waals surface area (Å²) in [5, 5.41) is 3.33. The van der Waals surface area contributed by atoms with Gasteiger partial charge in [0, 0.05) is 31.7 Å². The lowest BCUT2D eigenvalue weighted by atomic mass is 9.96. The zero-order chi connectivity index (χ0) is 15.5. The van der Waals surface area contributed by atoms with Crippen molar-refractivity contribution in [1.82, 2.24) is 10.0 Å². The zero-order valence-corrected chi connectivity index (χ0v) is 13.1. The molecule has 1 heterocycles. The van der Waals surface area contributed by atoms with Crippen molar-refractivity contribution < 1.29 is 13.2 Å². The van der Waals surface area contributed by atoms with Crippen molar-refractivity contribution in [2.24, 2.45) is 0 Å². The van der Waals surface area contributed by atoms with Crippen LogP contribution in [0.4, 0.5) is 5.69 Å². The van der Waals surface area contributed by atoms with E-state index in [1.165, 1.54) is 0 Å². The molecule has 0 saturated heterocycles. The van der Waals surface area contributed by atoms with Gasteiger partial charge in [0.1, 0.15) is 0 Å². The van der Waals surface area contributed by atoms with Crippen molar-refractivity contribution in [3.63, 3.8) is 0 Å². The second-order valence-electron chi connectivity index (χ2n) is 5.24. The number of carbonyl (C=O) groups is 1. The predicted octanol–water partition coefficient (Wildman–Crippen LogP) is 0.623. The first-order valence-electron chi connectivity index (χ1n) is 6.92. The molecule has 0 radical (unpaired) electrons. The van der Waals surface area contributed by atoms with Crippen LogP contribution in [-0.2, 0) is 14.8 Å². The van der Waals surface area contributed by atoms with E-state index in [0.717, 1.165) is 17.5 Å². The average molecular weight is 311 g/mol. The molecule has 0 saturated carbocycles. The Kier molecular flexibility index (Phi) is 4.97. The Morgan fingerprint density at radius 1 is 1.29 bits per heavy atom. The van der Waals surface area contributed by atoms with E-state index in [9.17, 15) is 13.2 Å². The highest BCUT2D eigenvalue weighted by atomic mass is 32.2. The number of rotatable bonds is 6. The van der Waals surface area contributed by atoms with E-state index in [2.05, 4.69) is 10.0 Å². The number of hydrogen-bond acceptors (Lipinski definition) is 4. The summed E-state index contributed by atoms with van der Waals surface area (Å²) < 4.78 is 24.4. The fourth-order valence-electron chi connectivity index (χ4n) is 2.45. The molecular weight excluding hydrogens is 290 g/mol. The normalized spacial score (nSPS) is 18.7. The Morgan fingerprint density at radius 2 is 2.00 bits per heavy atom. The van der Waals surface area contributed by atoms with Gasteiger partial charge in [-0.15, -0.1) is 0 Å². The molecule has 1 aromatic carbocycles. The van der Waals surface area contributed by atoms with Crippen LogP contribution in [0.2, 0.25) is 0 Å². The Balaban J connectivity index is 1.92. The maximum atomic E-state index is 12.0. The Labute approximate surface area is 125 Å². The lowest BCUT2D eigenvalue weighted by Crippen LogP contribution is -2.38. The number of para-hydroxylation sites is 1. The quantitative estimate of drug-likeness (QED) is 0.755. The van der Waals surface area contributed by atoms with E-state index in [4.69, 9.17) is 0 Å². The molecule has 1 atom stereocenters. The molecule has 0 aromatic heterocycles. The average Bonchev–Trinajstić information content (AvgIpc) is 2.42. The van der Waals surface area contributed by atoms with Gasteiger partial charge >= 0.3 is 0 Å². The van der Waals surface area contributed by atoms with Crippen LogP contribution in [0.25, 0.3) is 0 Å². The largest absolute Gasteiger partial charge is 0.315 e. The van der Waals surface area contributed by atoms with Crippen molar-refractivity contribution in [2.75, 3.05) is 31.3 Å². The highest BCUT2D eigenvalue weighted by molar-refractivity contribution is 7.88. The predicted molar refractivity (Wildman–Crippen MR) is 82.7 cm³/mol. The van der Waals surface area contributed by atoms with Crippen LogP contribution in [0.1, 0.15) is 24.4 Å². The highest BCUT2D eigenvalue weighted by Crippen LogP contribution is 2.33. The van der Waals surface area contributed by atoms with E-state index in [1.807, 2.05) is 24.3 Å². The van der Waals surface area contributed by atoms with Crippen LogP contribution in [0.5, 0.6) is 0 Å². The Bertz CT molecular complexity index is 616. The maximum absolute atomic E-state index is 12.0. The number of anilines is 1.